The molecule has 1 N–H and O–H groups in total. The number of nitriles is 1. The van der Waals surface area contributed by atoms with Crippen LogP contribution in [0.3, 0.4) is 0 Å². The van der Waals surface area contributed by atoms with E-state index in [2.05, 4.69) is 6.07 Å². The Morgan fingerprint density at radius 3 is 2.58 bits per heavy atom. The van der Waals surface area contributed by atoms with Crippen LogP contribution in [0.2, 0.25) is 0 Å². The number of carbonyl (C=O) groups is 1. The van der Waals surface area contributed by atoms with Gasteiger partial charge in [0, 0.05) is 12.6 Å². The predicted molar refractivity (Wildman–Crippen MR) is 71.5 cm³/mol. The molecule has 0 radical (unpaired) electrons. The molecule has 1 aliphatic rings. The van der Waals surface area contributed by atoms with Crippen LogP contribution < -0.4 is 0 Å². The molecule has 2 rings (SSSR count). The predicted octanol–water partition coefficient (Wildman–Crippen LogP) is 2.42. The maximum atomic E-state index is 11.0. The van der Waals surface area contributed by atoms with Gasteiger partial charge in [-0.25, -0.2) is 0 Å². The molecule has 1 saturated carbocycles. The van der Waals surface area contributed by atoms with E-state index in [0.29, 0.717) is 11.5 Å². The average molecular weight is 258 g/mol. The Balaban J connectivity index is 2.09. The van der Waals surface area contributed by atoms with Gasteiger partial charge in [-0.1, -0.05) is 12.1 Å². The van der Waals surface area contributed by atoms with Crippen molar-refractivity contribution < 1.29 is 9.90 Å². The highest BCUT2D eigenvalue weighted by Gasteiger charge is 2.28. The van der Waals surface area contributed by atoms with Crippen molar-refractivity contribution in [3.05, 3.63) is 35.4 Å². The second-order valence-electron chi connectivity index (χ2n) is 5.18. The van der Waals surface area contributed by atoms with Crippen molar-refractivity contribution in [3.63, 3.8) is 0 Å². The molecule has 0 heterocycles. The summed E-state index contributed by atoms with van der Waals surface area (Å²) in [6.07, 6.45) is 2.41. The van der Waals surface area contributed by atoms with E-state index >= 15 is 0 Å². The van der Waals surface area contributed by atoms with E-state index in [9.17, 15) is 4.79 Å². The number of hydrogen-bond acceptors (Lipinski definition) is 3. The Bertz CT molecular complexity index is 486. The number of carboxylic acids is 1. The number of benzene rings is 1. The van der Waals surface area contributed by atoms with E-state index in [4.69, 9.17) is 10.4 Å². The third kappa shape index (κ3) is 3.80. The van der Waals surface area contributed by atoms with E-state index in [1.165, 1.54) is 12.8 Å². The first kappa shape index (κ1) is 13.6. The number of carboxylic acid groups (broad SMARTS) is 1. The lowest BCUT2D eigenvalue weighted by Gasteiger charge is -2.28. The molecular formula is C15H18N2O2. The van der Waals surface area contributed by atoms with Gasteiger partial charge in [0.15, 0.2) is 0 Å². The maximum Gasteiger partial charge on any atom is 0.317 e. The fourth-order valence-corrected chi connectivity index (χ4v) is 2.21. The molecule has 0 aliphatic heterocycles. The first-order chi connectivity index (χ1) is 9.10. The normalized spacial score (nSPS) is 16.1. The van der Waals surface area contributed by atoms with Gasteiger partial charge >= 0.3 is 5.97 Å². The molecule has 1 aliphatic carbocycles. The van der Waals surface area contributed by atoms with E-state index in [1.54, 1.807) is 12.1 Å². The van der Waals surface area contributed by atoms with Crippen LogP contribution in [0.4, 0.5) is 0 Å². The van der Waals surface area contributed by atoms with Gasteiger partial charge in [0.2, 0.25) is 0 Å². The van der Waals surface area contributed by atoms with Crippen molar-refractivity contribution in [3.8, 4) is 6.07 Å². The van der Waals surface area contributed by atoms with Gasteiger partial charge in [0.05, 0.1) is 18.2 Å². The number of hydrogen-bond donors (Lipinski definition) is 1. The molecule has 0 bridgehead atoms. The Hall–Kier alpha value is -1.86. The topological polar surface area (TPSA) is 64.3 Å². The van der Waals surface area contributed by atoms with Crippen molar-refractivity contribution >= 4 is 5.97 Å². The average Bonchev–Trinajstić information content (AvgIpc) is 3.21. The van der Waals surface area contributed by atoms with Crippen molar-refractivity contribution in [2.75, 3.05) is 13.1 Å². The van der Waals surface area contributed by atoms with Crippen molar-refractivity contribution in [2.24, 2.45) is 5.92 Å². The van der Waals surface area contributed by atoms with Crippen LogP contribution in [-0.2, 0) is 4.79 Å². The monoisotopic (exact) mass is 258 g/mol. The molecule has 0 amide bonds. The molecule has 1 fully saturated rings. The zero-order chi connectivity index (χ0) is 13.8. The van der Waals surface area contributed by atoms with E-state index in [1.807, 2.05) is 24.0 Å². The number of aliphatic carboxylic acids is 1. The number of rotatable bonds is 6. The summed E-state index contributed by atoms with van der Waals surface area (Å²) in [4.78, 5) is 13.0. The second-order valence-corrected chi connectivity index (χ2v) is 5.18. The van der Waals surface area contributed by atoms with Crippen LogP contribution in [-0.4, -0.2) is 29.1 Å². The van der Waals surface area contributed by atoms with Crippen LogP contribution in [0.25, 0.3) is 0 Å². The third-order valence-corrected chi connectivity index (χ3v) is 3.60. The lowest BCUT2D eigenvalue weighted by atomic mass is 10.0. The molecule has 1 aromatic carbocycles. The molecule has 4 heteroatoms. The lowest BCUT2D eigenvalue weighted by Crippen LogP contribution is -2.34. The van der Waals surface area contributed by atoms with Crippen LogP contribution in [0.1, 0.15) is 36.9 Å². The first-order valence-corrected chi connectivity index (χ1v) is 6.56. The zero-order valence-corrected chi connectivity index (χ0v) is 11.0. The van der Waals surface area contributed by atoms with E-state index < -0.39 is 5.97 Å². The summed E-state index contributed by atoms with van der Waals surface area (Å²) in [6.45, 7) is 2.93. The lowest BCUT2D eigenvalue weighted by molar-refractivity contribution is -0.139. The molecule has 1 atom stereocenters. The maximum absolute atomic E-state index is 11.0. The van der Waals surface area contributed by atoms with Crippen LogP contribution in [0, 0.1) is 17.2 Å². The Morgan fingerprint density at radius 1 is 1.47 bits per heavy atom. The Kier molecular flexibility index (Phi) is 4.18. The van der Waals surface area contributed by atoms with E-state index in [-0.39, 0.29) is 12.6 Å². The van der Waals surface area contributed by atoms with Crippen LogP contribution in [0.15, 0.2) is 24.3 Å². The summed E-state index contributed by atoms with van der Waals surface area (Å²) in [6, 6.07) is 9.52. The van der Waals surface area contributed by atoms with Gasteiger partial charge in [-0.05, 0) is 43.4 Å². The van der Waals surface area contributed by atoms with Gasteiger partial charge < -0.3 is 5.11 Å². The smallest absolute Gasteiger partial charge is 0.317 e. The summed E-state index contributed by atoms with van der Waals surface area (Å²) >= 11 is 0. The first-order valence-electron chi connectivity index (χ1n) is 6.56. The SMILES string of the molecule is CC(c1ccc(C#N)cc1)N(CC(=O)O)CC1CC1. The summed E-state index contributed by atoms with van der Waals surface area (Å²) in [7, 11) is 0. The second kappa shape index (κ2) is 5.85. The summed E-state index contributed by atoms with van der Waals surface area (Å²) in [5.74, 6) is -0.138. The van der Waals surface area contributed by atoms with Gasteiger partial charge in [-0.15, -0.1) is 0 Å². The standard InChI is InChI=1S/C15H18N2O2/c1-11(14-6-4-12(8-16)5-7-14)17(10-15(18)19)9-13-2-3-13/h4-7,11,13H,2-3,9-10H2,1H3,(H,18,19). The van der Waals surface area contributed by atoms with Crippen molar-refractivity contribution in [1.82, 2.24) is 4.90 Å². The van der Waals surface area contributed by atoms with Gasteiger partial charge in [0.25, 0.3) is 0 Å². The van der Waals surface area contributed by atoms with Gasteiger partial charge in [0.1, 0.15) is 0 Å². The highest BCUT2D eigenvalue weighted by atomic mass is 16.4. The Morgan fingerprint density at radius 2 is 2.11 bits per heavy atom. The van der Waals surface area contributed by atoms with E-state index in [0.717, 1.165) is 12.1 Å². The molecule has 19 heavy (non-hydrogen) atoms. The minimum Gasteiger partial charge on any atom is -0.480 e. The largest absolute Gasteiger partial charge is 0.480 e. The molecular weight excluding hydrogens is 240 g/mol. The Labute approximate surface area is 113 Å². The zero-order valence-electron chi connectivity index (χ0n) is 11.0. The number of nitrogens with zero attached hydrogens (tertiary/aromatic N) is 2. The van der Waals surface area contributed by atoms with Crippen LogP contribution in [0.5, 0.6) is 0 Å². The molecule has 100 valence electrons. The van der Waals surface area contributed by atoms with Crippen LogP contribution >= 0.6 is 0 Å². The highest BCUT2D eigenvalue weighted by Crippen LogP contribution is 2.32. The molecule has 1 aromatic rings. The molecule has 0 spiro atoms. The minimum absolute atomic E-state index is 0.0597. The van der Waals surface area contributed by atoms with Crippen molar-refractivity contribution in [1.29, 1.82) is 5.26 Å². The van der Waals surface area contributed by atoms with Gasteiger partial charge in [-0.2, -0.15) is 5.26 Å². The third-order valence-electron chi connectivity index (χ3n) is 3.60. The van der Waals surface area contributed by atoms with Crippen molar-refractivity contribution in [2.45, 2.75) is 25.8 Å². The fraction of sp³-hybridized carbons (Fsp3) is 0.467. The fourth-order valence-electron chi connectivity index (χ4n) is 2.21. The summed E-state index contributed by atoms with van der Waals surface area (Å²) in [5, 5.41) is 17.8. The molecule has 0 aromatic heterocycles. The summed E-state index contributed by atoms with van der Waals surface area (Å²) in [5.41, 5.74) is 1.68. The summed E-state index contributed by atoms with van der Waals surface area (Å²) < 4.78 is 0. The van der Waals surface area contributed by atoms with Gasteiger partial charge in [-0.3, -0.25) is 9.69 Å². The molecule has 0 saturated heterocycles. The highest BCUT2D eigenvalue weighted by molar-refractivity contribution is 5.69. The molecule has 1 unspecified atom stereocenters. The molecule has 4 nitrogen and oxygen atoms in total. The quantitative estimate of drug-likeness (QED) is 0.851. The minimum atomic E-state index is -0.791.